The van der Waals surface area contributed by atoms with Crippen molar-refractivity contribution < 1.29 is 35.9 Å². The van der Waals surface area contributed by atoms with Crippen LogP contribution in [0.15, 0.2) is 48.5 Å². The zero-order valence-corrected chi connectivity index (χ0v) is 21.3. The van der Waals surface area contributed by atoms with Crippen LogP contribution >= 0.6 is 0 Å². The van der Waals surface area contributed by atoms with Crippen molar-refractivity contribution in [2.24, 2.45) is 5.92 Å². The van der Waals surface area contributed by atoms with Gasteiger partial charge in [0.15, 0.2) is 5.82 Å². The molecule has 0 saturated carbocycles. The first-order chi connectivity index (χ1) is 18.9. The van der Waals surface area contributed by atoms with Crippen LogP contribution in [-0.4, -0.2) is 47.4 Å². The van der Waals surface area contributed by atoms with Crippen LogP contribution in [0.25, 0.3) is 11.4 Å². The standard InChI is InChI=1S/C26H26F6N6O2/c1-33-23-35-22(18-5-7-20(8-6-18)40-26(30,31)32)36-24(37-23)38-11-9-16(10-12-38)14-21(39)34-15-17-3-2-4-19(13-17)25(27,28)29/h2-8,13,16H,9-12,14-15H2,1H3,(H,34,39)(H,33,35,36,37). The van der Waals surface area contributed by atoms with E-state index in [-0.39, 0.29) is 42.3 Å². The van der Waals surface area contributed by atoms with E-state index in [9.17, 15) is 31.1 Å². The predicted octanol–water partition coefficient (Wildman–Crippen LogP) is 5.42. The van der Waals surface area contributed by atoms with Gasteiger partial charge >= 0.3 is 12.5 Å². The summed E-state index contributed by atoms with van der Waals surface area (Å²) in [4.78, 5) is 27.6. The molecular weight excluding hydrogens is 542 g/mol. The number of hydrogen-bond donors (Lipinski definition) is 2. The van der Waals surface area contributed by atoms with E-state index in [4.69, 9.17) is 0 Å². The number of aromatic nitrogens is 3. The number of hydrogen-bond acceptors (Lipinski definition) is 7. The fourth-order valence-corrected chi connectivity index (χ4v) is 4.28. The van der Waals surface area contributed by atoms with Crippen LogP contribution in [0, 0.1) is 5.92 Å². The second-order valence-electron chi connectivity index (χ2n) is 9.21. The number of anilines is 2. The van der Waals surface area contributed by atoms with Crippen molar-refractivity contribution in [2.45, 2.75) is 38.3 Å². The predicted molar refractivity (Wildman–Crippen MR) is 134 cm³/mol. The highest BCUT2D eigenvalue weighted by Crippen LogP contribution is 2.30. The minimum absolute atomic E-state index is 0.00529. The maximum Gasteiger partial charge on any atom is 0.573 e. The number of amides is 1. The first-order valence-electron chi connectivity index (χ1n) is 12.4. The number of rotatable bonds is 8. The molecule has 2 heterocycles. The zero-order chi connectivity index (χ0) is 28.9. The van der Waals surface area contributed by atoms with Crippen LogP contribution < -0.4 is 20.3 Å². The summed E-state index contributed by atoms with van der Waals surface area (Å²) in [5.41, 5.74) is 0.0792. The van der Waals surface area contributed by atoms with E-state index in [1.807, 2.05) is 4.90 Å². The van der Waals surface area contributed by atoms with Gasteiger partial charge in [-0.2, -0.15) is 28.1 Å². The van der Waals surface area contributed by atoms with Gasteiger partial charge in [0.2, 0.25) is 17.8 Å². The van der Waals surface area contributed by atoms with Crippen molar-refractivity contribution >= 4 is 17.8 Å². The summed E-state index contributed by atoms with van der Waals surface area (Å²) < 4.78 is 80.0. The summed E-state index contributed by atoms with van der Waals surface area (Å²) >= 11 is 0. The maximum atomic E-state index is 12.9. The Morgan fingerprint density at radius 2 is 1.70 bits per heavy atom. The van der Waals surface area contributed by atoms with Gasteiger partial charge in [-0.15, -0.1) is 13.2 Å². The van der Waals surface area contributed by atoms with E-state index in [0.717, 1.165) is 12.1 Å². The second kappa shape index (κ2) is 12.0. The Hall–Kier alpha value is -4.10. The number of halogens is 6. The number of benzene rings is 2. The Morgan fingerprint density at radius 1 is 1.00 bits per heavy atom. The van der Waals surface area contributed by atoms with E-state index in [0.29, 0.717) is 43.0 Å². The molecule has 0 spiro atoms. The molecule has 0 bridgehead atoms. The molecule has 0 aliphatic carbocycles. The maximum absolute atomic E-state index is 12.9. The Morgan fingerprint density at radius 3 is 2.33 bits per heavy atom. The molecule has 1 fully saturated rings. The second-order valence-corrected chi connectivity index (χ2v) is 9.21. The van der Waals surface area contributed by atoms with Crippen LogP contribution in [0.3, 0.4) is 0 Å². The average Bonchev–Trinajstić information content (AvgIpc) is 2.91. The van der Waals surface area contributed by atoms with Crippen LogP contribution in [0.1, 0.15) is 30.4 Å². The molecule has 2 aromatic carbocycles. The molecule has 1 aliphatic rings. The van der Waals surface area contributed by atoms with Gasteiger partial charge in [-0.1, -0.05) is 12.1 Å². The normalized spacial score (nSPS) is 14.6. The average molecular weight is 569 g/mol. The van der Waals surface area contributed by atoms with Gasteiger partial charge in [-0.05, 0) is 60.7 Å². The number of carbonyl (C=O) groups is 1. The summed E-state index contributed by atoms with van der Waals surface area (Å²) in [6, 6.07) is 10.0. The lowest BCUT2D eigenvalue weighted by Gasteiger charge is -2.32. The van der Waals surface area contributed by atoms with E-state index >= 15 is 0 Å². The Balaban J connectivity index is 1.33. The molecule has 1 aromatic heterocycles. The minimum Gasteiger partial charge on any atom is -0.406 e. The highest BCUT2D eigenvalue weighted by Gasteiger charge is 2.31. The lowest BCUT2D eigenvalue weighted by Crippen LogP contribution is -2.37. The van der Waals surface area contributed by atoms with E-state index in [1.54, 1.807) is 7.05 Å². The van der Waals surface area contributed by atoms with Crippen LogP contribution in [0.4, 0.5) is 38.2 Å². The van der Waals surface area contributed by atoms with Gasteiger partial charge in [-0.3, -0.25) is 4.79 Å². The highest BCUT2D eigenvalue weighted by molar-refractivity contribution is 5.76. The van der Waals surface area contributed by atoms with Gasteiger partial charge < -0.3 is 20.3 Å². The molecule has 1 saturated heterocycles. The van der Waals surface area contributed by atoms with Crippen LogP contribution in [0.2, 0.25) is 0 Å². The largest absolute Gasteiger partial charge is 0.573 e. The fraction of sp³-hybridized carbons (Fsp3) is 0.385. The fourth-order valence-electron chi connectivity index (χ4n) is 4.28. The third kappa shape index (κ3) is 7.96. The molecule has 1 aliphatic heterocycles. The van der Waals surface area contributed by atoms with Gasteiger partial charge in [0.05, 0.1) is 5.56 Å². The number of ether oxygens (including phenoxy) is 1. The van der Waals surface area contributed by atoms with Crippen molar-refractivity contribution in [1.29, 1.82) is 0 Å². The molecule has 0 radical (unpaired) electrons. The van der Waals surface area contributed by atoms with Gasteiger partial charge in [0.25, 0.3) is 0 Å². The topological polar surface area (TPSA) is 92.3 Å². The number of alkyl halides is 6. The number of piperidine rings is 1. The summed E-state index contributed by atoms with van der Waals surface area (Å²) in [6.07, 6.45) is -7.68. The summed E-state index contributed by atoms with van der Waals surface area (Å²) in [5, 5.41) is 5.55. The molecule has 0 unspecified atom stereocenters. The van der Waals surface area contributed by atoms with Crippen molar-refractivity contribution in [2.75, 3.05) is 30.4 Å². The quantitative estimate of drug-likeness (QED) is 0.351. The first-order valence-corrected chi connectivity index (χ1v) is 12.4. The SMILES string of the molecule is CNc1nc(-c2ccc(OC(F)(F)F)cc2)nc(N2CCC(CC(=O)NCc3cccc(C(F)(F)F)c3)CC2)n1. The van der Waals surface area contributed by atoms with Gasteiger partial charge in [-0.25, -0.2) is 0 Å². The third-order valence-corrected chi connectivity index (χ3v) is 6.31. The van der Waals surface area contributed by atoms with Crippen molar-refractivity contribution in [3.8, 4) is 17.1 Å². The lowest BCUT2D eigenvalue weighted by atomic mass is 9.93. The minimum atomic E-state index is -4.80. The van der Waals surface area contributed by atoms with Crippen molar-refractivity contribution in [3.63, 3.8) is 0 Å². The lowest BCUT2D eigenvalue weighted by molar-refractivity contribution is -0.274. The molecule has 4 rings (SSSR count). The van der Waals surface area contributed by atoms with E-state index < -0.39 is 18.1 Å². The Bertz CT molecular complexity index is 1310. The van der Waals surface area contributed by atoms with Crippen molar-refractivity contribution in [1.82, 2.24) is 20.3 Å². The van der Waals surface area contributed by atoms with Crippen LogP contribution in [0.5, 0.6) is 5.75 Å². The molecular formula is C26H26F6N6O2. The van der Waals surface area contributed by atoms with E-state index in [2.05, 4.69) is 30.3 Å². The monoisotopic (exact) mass is 568 g/mol. The molecule has 14 heteroatoms. The Labute approximate surface area is 225 Å². The third-order valence-electron chi connectivity index (χ3n) is 6.31. The molecule has 3 aromatic rings. The summed E-state index contributed by atoms with van der Waals surface area (Å²) in [5.74, 6) is 0.408. The number of carbonyl (C=O) groups excluding carboxylic acids is 1. The van der Waals surface area contributed by atoms with E-state index in [1.165, 1.54) is 36.4 Å². The number of nitrogens with one attached hydrogen (secondary N) is 2. The first kappa shape index (κ1) is 28.9. The van der Waals surface area contributed by atoms with Crippen molar-refractivity contribution in [3.05, 3.63) is 59.7 Å². The highest BCUT2D eigenvalue weighted by atomic mass is 19.4. The Kier molecular flexibility index (Phi) is 8.64. The number of nitrogens with zero attached hydrogens (tertiary/aromatic N) is 4. The smallest absolute Gasteiger partial charge is 0.406 e. The molecule has 8 nitrogen and oxygen atoms in total. The van der Waals surface area contributed by atoms with Crippen LogP contribution in [-0.2, 0) is 17.5 Å². The van der Waals surface area contributed by atoms with Gasteiger partial charge in [0, 0.05) is 38.7 Å². The molecule has 214 valence electrons. The molecule has 40 heavy (non-hydrogen) atoms. The molecule has 1 amide bonds. The summed E-state index contributed by atoms with van der Waals surface area (Å²) in [7, 11) is 1.63. The molecule has 0 atom stereocenters. The van der Waals surface area contributed by atoms with Gasteiger partial charge in [0.1, 0.15) is 5.75 Å². The molecule has 2 N–H and O–H groups in total. The summed E-state index contributed by atoms with van der Waals surface area (Å²) in [6.45, 7) is 1.11. The zero-order valence-electron chi connectivity index (χ0n) is 21.3.